The van der Waals surface area contributed by atoms with Gasteiger partial charge in [-0.1, -0.05) is 32.0 Å². The van der Waals surface area contributed by atoms with Gasteiger partial charge in [0.15, 0.2) is 0 Å². The van der Waals surface area contributed by atoms with Crippen LogP contribution in [-0.2, 0) is 14.8 Å². The van der Waals surface area contributed by atoms with Crippen LogP contribution in [0, 0.1) is 6.92 Å². The van der Waals surface area contributed by atoms with Crippen LogP contribution >= 0.6 is 0 Å². The molecule has 0 saturated carbocycles. The van der Waals surface area contributed by atoms with Gasteiger partial charge in [-0.25, -0.2) is 8.42 Å². The lowest BCUT2D eigenvalue weighted by molar-refractivity contribution is -0.122. The Morgan fingerprint density at radius 2 is 1.63 bits per heavy atom. The molecule has 0 aliphatic carbocycles. The number of sulfonamides is 1. The number of hydrogen-bond donors (Lipinski definition) is 1. The second kappa shape index (κ2) is 9.51. The number of aryl methyl sites for hydroxylation is 1. The fourth-order valence-electron chi connectivity index (χ4n) is 3.61. The molecular weight excluding hydrogens is 400 g/mol. The Bertz CT molecular complexity index is 988. The summed E-state index contributed by atoms with van der Waals surface area (Å²) in [7, 11) is -1.99. The average molecular weight is 433 g/mol. The molecule has 0 spiro atoms. The lowest BCUT2D eigenvalue weighted by Crippen LogP contribution is -2.48. The van der Waals surface area contributed by atoms with Crippen molar-refractivity contribution in [3.8, 4) is 5.75 Å². The maximum atomic E-state index is 13.0. The van der Waals surface area contributed by atoms with E-state index >= 15 is 0 Å². The van der Waals surface area contributed by atoms with Crippen LogP contribution < -0.4 is 14.4 Å². The van der Waals surface area contributed by atoms with Crippen LogP contribution in [0.2, 0.25) is 0 Å². The minimum absolute atomic E-state index is 0.264. The first-order chi connectivity index (χ1) is 14.0. The summed E-state index contributed by atoms with van der Waals surface area (Å²) in [6, 6.07) is 11.5. The highest BCUT2D eigenvalue weighted by atomic mass is 32.2. The third-order valence-corrected chi connectivity index (χ3v) is 6.41. The number of anilines is 1. The van der Waals surface area contributed by atoms with Gasteiger partial charge in [0.05, 0.1) is 25.1 Å². The quantitative estimate of drug-likeness (QED) is 0.680. The van der Waals surface area contributed by atoms with Crippen molar-refractivity contribution in [2.75, 3.05) is 17.7 Å². The summed E-state index contributed by atoms with van der Waals surface area (Å²) < 4.78 is 31.5. The lowest BCUT2D eigenvalue weighted by Gasteiger charge is -2.29. The van der Waals surface area contributed by atoms with Crippen molar-refractivity contribution in [1.82, 2.24) is 5.32 Å². The molecule has 7 heteroatoms. The molecule has 0 fully saturated rings. The van der Waals surface area contributed by atoms with E-state index in [-0.39, 0.29) is 17.9 Å². The Balaban J connectivity index is 2.31. The maximum Gasteiger partial charge on any atom is 0.244 e. The number of nitrogens with one attached hydrogen (secondary N) is 1. The van der Waals surface area contributed by atoms with E-state index in [9.17, 15) is 13.2 Å². The van der Waals surface area contributed by atoms with E-state index in [2.05, 4.69) is 25.2 Å². The smallest absolute Gasteiger partial charge is 0.244 e. The number of methoxy groups -OCH3 is 1. The van der Waals surface area contributed by atoms with E-state index in [4.69, 9.17) is 4.74 Å². The van der Waals surface area contributed by atoms with Gasteiger partial charge in [0.1, 0.15) is 11.8 Å². The Labute approximate surface area is 180 Å². The van der Waals surface area contributed by atoms with Gasteiger partial charge < -0.3 is 10.1 Å². The Kier molecular flexibility index (Phi) is 7.53. The highest BCUT2D eigenvalue weighted by Crippen LogP contribution is 2.32. The number of nitrogens with zero attached hydrogens (tertiary/aromatic N) is 1. The van der Waals surface area contributed by atoms with Gasteiger partial charge in [-0.15, -0.1) is 0 Å². The highest BCUT2D eigenvalue weighted by molar-refractivity contribution is 7.92. The van der Waals surface area contributed by atoms with E-state index in [1.807, 2.05) is 19.9 Å². The number of hydrogen-bond acceptors (Lipinski definition) is 4. The van der Waals surface area contributed by atoms with Gasteiger partial charge in [-0.05, 0) is 67.6 Å². The Morgan fingerprint density at radius 1 is 1.03 bits per heavy atom. The number of carbonyl (C=O) groups is 1. The topological polar surface area (TPSA) is 75.7 Å². The molecule has 0 unspecified atom stereocenters. The number of amides is 1. The number of carbonyl (C=O) groups excluding carboxylic acids is 1. The molecule has 0 radical (unpaired) electrons. The predicted molar refractivity (Wildman–Crippen MR) is 122 cm³/mol. The fraction of sp³-hybridized carbons (Fsp3) is 0.435. The van der Waals surface area contributed by atoms with Crippen LogP contribution in [0.3, 0.4) is 0 Å². The molecule has 1 N–H and O–H groups in total. The van der Waals surface area contributed by atoms with E-state index in [1.54, 1.807) is 44.4 Å². The molecule has 0 saturated heterocycles. The molecule has 164 valence electrons. The van der Waals surface area contributed by atoms with Crippen molar-refractivity contribution in [2.24, 2.45) is 0 Å². The lowest BCUT2D eigenvalue weighted by atomic mass is 9.93. The monoisotopic (exact) mass is 432 g/mol. The van der Waals surface area contributed by atoms with Gasteiger partial charge in [0.25, 0.3) is 0 Å². The fourth-order valence-corrected chi connectivity index (χ4v) is 4.78. The molecule has 0 aliphatic heterocycles. The molecule has 30 heavy (non-hydrogen) atoms. The summed E-state index contributed by atoms with van der Waals surface area (Å²) in [5.74, 6) is 0.725. The zero-order valence-electron chi connectivity index (χ0n) is 18.8. The largest absolute Gasteiger partial charge is 0.496 e. The molecular formula is C23H32N2O4S. The molecule has 0 heterocycles. The zero-order chi connectivity index (χ0) is 22.6. The van der Waals surface area contributed by atoms with Gasteiger partial charge in [0, 0.05) is 0 Å². The Morgan fingerprint density at radius 3 is 2.13 bits per heavy atom. The molecule has 6 nitrogen and oxygen atoms in total. The maximum absolute atomic E-state index is 13.0. The van der Waals surface area contributed by atoms with Crippen molar-refractivity contribution in [3.63, 3.8) is 0 Å². The molecule has 0 bridgehead atoms. The first kappa shape index (κ1) is 23.7. The van der Waals surface area contributed by atoms with Gasteiger partial charge in [0.2, 0.25) is 15.9 Å². The van der Waals surface area contributed by atoms with Crippen LogP contribution in [0.1, 0.15) is 56.3 Å². The minimum atomic E-state index is -3.64. The van der Waals surface area contributed by atoms with Crippen molar-refractivity contribution in [2.45, 2.75) is 52.6 Å². The summed E-state index contributed by atoms with van der Waals surface area (Å²) in [6.07, 6.45) is 1.11. The highest BCUT2D eigenvalue weighted by Gasteiger charge is 2.30. The van der Waals surface area contributed by atoms with E-state index in [0.29, 0.717) is 5.69 Å². The second-order valence-corrected chi connectivity index (χ2v) is 9.77. The number of benzene rings is 2. The molecule has 2 rings (SSSR count). The minimum Gasteiger partial charge on any atom is -0.496 e. The van der Waals surface area contributed by atoms with Crippen LogP contribution in [0.4, 0.5) is 5.69 Å². The number of rotatable bonds is 8. The van der Waals surface area contributed by atoms with Crippen LogP contribution in [0.5, 0.6) is 5.75 Å². The molecule has 0 aromatic heterocycles. The molecule has 0 aliphatic rings. The molecule has 2 aromatic carbocycles. The van der Waals surface area contributed by atoms with Crippen molar-refractivity contribution in [3.05, 3.63) is 59.2 Å². The molecule has 1 amide bonds. The average Bonchev–Trinajstić information content (AvgIpc) is 2.66. The summed E-state index contributed by atoms with van der Waals surface area (Å²) in [5, 5.41) is 2.98. The van der Waals surface area contributed by atoms with E-state index < -0.39 is 16.1 Å². The number of para-hydroxylation sites is 1. The summed E-state index contributed by atoms with van der Waals surface area (Å²) >= 11 is 0. The number of ether oxygens (including phenoxy) is 1. The Hall–Kier alpha value is -2.54. The van der Waals surface area contributed by atoms with Crippen molar-refractivity contribution >= 4 is 21.6 Å². The third kappa shape index (κ3) is 5.33. The normalized spacial score (nSPS) is 13.6. The molecule has 2 atom stereocenters. The van der Waals surface area contributed by atoms with Crippen LogP contribution in [0.15, 0.2) is 42.5 Å². The van der Waals surface area contributed by atoms with Gasteiger partial charge in [-0.2, -0.15) is 0 Å². The van der Waals surface area contributed by atoms with E-state index in [0.717, 1.165) is 33.0 Å². The second-order valence-electron chi connectivity index (χ2n) is 7.91. The van der Waals surface area contributed by atoms with Crippen molar-refractivity contribution < 1.29 is 17.9 Å². The first-order valence-electron chi connectivity index (χ1n) is 10.0. The predicted octanol–water partition coefficient (Wildman–Crippen LogP) is 4.16. The van der Waals surface area contributed by atoms with E-state index in [1.165, 1.54) is 0 Å². The standard InChI is InChI=1S/C23H32N2O4S/c1-15(2)20-14-21(16(3)13-22(20)29-6)17(4)24-23(26)18(5)25(30(7,27)28)19-11-9-8-10-12-19/h8-15,17-18H,1-7H3,(H,24,26)/t17-,18+/m0/s1. The summed E-state index contributed by atoms with van der Waals surface area (Å²) in [6.45, 7) is 9.65. The van der Waals surface area contributed by atoms with Crippen LogP contribution in [-0.4, -0.2) is 33.7 Å². The van der Waals surface area contributed by atoms with Crippen molar-refractivity contribution in [1.29, 1.82) is 0 Å². The SMILES string of the molecule is COc1cc(C)c([C@H](C)NC(=O)[C@@H](C)N(c2ccccc2)S(C)(=O)=O)cc1C(C)C. The van der Waals surface area contributed by atoms with Crippen LogP contribution in [0.25, 0.3) is 0 Å². The zero-order valence-corrected chi connectivity index (χ0v) is 19.6. The summed E-state index contributed by atoms with van der Waals surface area (Å²) in [4.78, 5) is 13.0. The summed E-state index contributed by atoms with van der Waals surface area (Å²) in [5.41, 5.74) is 3.50. The third-order valence-electron chi connectivity index (χ3n) is 5.16. The molecule has 2 aromatic rings. The first-order valence-corrected chi connectivity index (χ1v) is 11.9. The van der Waals surface area contributed by atoms with Gasteiger partial charge >= 0.3 is 0 Å². The van der Waals surface area contributed by atoms with Gasteiger partial charge in [-0.3, -0.25) is 9.10 Å².